The van der Waals surface area contributed by atoms with E-state index in [9.17, 15) is 9.90 Å². The first-order chi connectivity index (χ1) is 17.3. The zero-order valence-corrected chi connectivity index (χ0v) is 23.6. The Labute approximate surface area is 232 Å². The minimum Gasteiger partial charge on any atom is -0.480 e. The average Bonchev–Trinajstić information content (AvgIpc) is 3.34. The van der Waals surface area contributed by atoms with Crippen LogP contribution in [0.4, 0.5) is 5.95 Å². The normalized spacial score (nSPS) is 11.1. The van der Waals surface area contributed by atoms with Crippen molar-refractivity contribution in [2.75, 3.05) is 11.4 Å². The summed E-state index contributed by atoms with van der Waals surface area (Å²) in [7, 11) is 0. The lowest BCUT2D eigenvalue weighted by atomic mass is 10.0. The van der Waals surface area contributed by atoms with Crippen LogP contribution in [0.2, 0.25) is 0 Å². The number of anilines is 1. The smallest absolute Gasteiger partial charge is 0.319 e. The number of aryl methyl sites for hydroxylation is 1. The van der Waals surface area contributed by atoms with Crippen molar-refractivity contribution in [3.05, 3.63) is 89.2 Å². The summed E-state index contributed by atoms with van der Waals surface area (Å²) in [6.45, 7) is 6.86. The van der Waals surface area contributed by atoms with Crippen molar-refractivity contribution in [3.63, 3.8) is 0 Å². The molecule has 0 radical (unpaired) electrons. The average molecular weight is 555 g/mol. The van der Waals surface area contributed by atoms with Crippen molar-refractivity contribution in [3.8, 4) is 11.1 Å². The highest BCUT2D eigenvalue weighted by molar-refractivity contribution is 8.03. The number of carbonyl (C=O) groups is 1. The van der Waals surface area contributed by atoms with Crippen LogP contribution in [0.1, 0.15) is 37.6 Å². The topological polar surface area (TPSA) is 79.2 Å². The second-order valence-electron chi connectivity index (χ2n) is 9.00. The summed E-state index contributed by atoms with van der Waals surface area (Å²) in [5.74, 6) is -0.155. The van der Waals surface area contributed by atoms with E-state index in [1.807, 2.05) is 36.0 Å². The van der Waals surface area contributed by atoms with E-state index < -0.39 is 10.7 Å². The van der Waals surface area contributed by atoms with E-state index in [0.717, 1.165) is 22.0 Å². The number of carboxylic acids is 1. The molecule has 9 heteroatoms. The maximum absolute atomic E-state index is 11.5. The molecule has 0 aliphatic carbocycles. The molecule has 0 unspecified atom stereocenters. The van der Waals surface area contributed by atoms with Crippen LogP contribution < -0.4 is 4.90 Å². The molecule has 4 rings (SSSR count). The number of aromatic nitrogens is 3. The summed E-state index contributed by atoms with van der Waals surface area (Å²) in [5, 5.41) is 11.4. The van der Waals surface area contributed by atoms with E-state index in [2.05, 4.69) is 63.2 Å². The van der Waals surface area contributed by atoms with E-state index in [-0.39, 0.29) is 12.4 Å². The van der Waals surface area contributed by atoms with Gasteiger partial charge in [-0.2, -0.15) is 0 Å². The fraction of sp³-hybridized carbons (Fsp3) is 0.286. The Balaban J connectivity index is 0.00000380. The van der Waals surface area contributed by atoms with Crippen LogP contribution in [-0.4, -0.2) is 37.3 Å². The minimum absolute atomic E-state index is 0. The quantitative estimate of drug-likeness (QED) is 0.204. The number of hydrogen-bond acceptors (Lipinski definition) is 7. The highest BCUT2D eigenvalue weighted by atomic mass is 35.5. The van der Waals surface area contributed by atoms with Gasteiger partial charge in [0.1, 0.15) is 4.75 Å². The van der Waals surface area contributed by atoms with Gasteiger partial charge in [-0.15, -0.1) is 23.7 Å². The first-order valence-corrected chi connectivity index (χ1v) is 13.6. The molecule has 6 nitrogen and oxygen atoms in total. The summed E-state index contributed by atoms with van der Waals surface area (Å²) >= 11 is 2.77. The Kier molecular flexibility index (Phi) is 10.1. The van der Waals surface area contributed by atoms with Crippen LogP contribution in [0.3, 0.4) is 0 Å². The van der Waals surface area contributed by atoms with Crippen LogP contribution >= 0.6 is 35.5 Å². The Morgan fingerprint density at radius 3 is 2.27 bits per heavy atom. The molecule has 0 aliphatic heterocycles. The van der Waals surface area contributed by atoms with E-state index in [4.69, 9.17) is 0 Å². The SMILES string of the molecule is CCc1cnc(N(CCc2csc(SC(C)(C)C(=O)O)n2)Cc2ccc(-c3ccccc3)cc2)nc1.Cl. The molecule has 0 spiro atoms. The largest absolute Gasteiger partial charge is 0.480 e. The number of thioether (sulfide) groups is 1. The predicted molar refractivity (Wildman–Crippen MR) is 155 cm³/mol. The van der Waals surface area contributed by atoms with E-state index in [1.165, 1.54) is 39.8 Å². The summed E-state index contributed by atoms with van der Waals surface area (Å²) < 4.78 is -0.147. The number of nitrogens with zero attached hydrogens (tertiary/aromatic N) is 4. The predicted octanol–water partition coefficient (Wildman–Crippen LogP) is 6.79. The Hall–Kier alpha value is -2.94. The van der Waals surface area contributed by atoms with Gasteiger partial charge in [-0.05, 0) is 42.5 Å². The molecule has 194 valence electrons. The molecular formula is C28H31ClN4O2S2. The van der Waals surface area contributed by atoms with Crippen LogP contribution in [0.5, 0.6) is 0 Å². The number of thiazole rings is 1. The molecule has 37 heavy (non-hydrogen) atoms. The number of hydrogen-bond donors (Lipinski definition) is 1. The van der Waals surface area contributed by atoms with Crippen molar-refractivity contribution in [2.45, 2.75) is 49.2 Å². The van der Waals surface area contributed by atoms with Gasteiger partial charge in [-0.1, -0.05) is 73.3 Å². The van der Waals surface area contributed by atoms with E-state index in [0.29, 0.717) is 25.5 Å². The van der Waals surface area contributed by atoms with Crippen molar-refractivity contribution in [1.82, 2.24) is 15.0 Å². The fourth-order valence-corrected chi connectivity index (χ4v) is 5.78. The monoisotopic (exact) mass is 554 g/mol. The molecule has 0 saturated heterocycles. The van der Waals surface area contributed by atoms with Gasteiger partial charge in [0.05, 0.1) is 5.69 Å². The first-order valence-electron chi connectivity index (χ1n) is 11.9. The molecule has 0 saturated carbocycles. The number of rotatable bonds is 11. The highest BCUT2D eigenvalue weighted by Gasteiger charge is 2.29. The molecule has 2 aromatic carbocycles. The molecule has 0 fully saturated rings. The maximum Gasteiger partial charge on any atom is 0.319 e. The van der Waals surface area contributed by atoms with Gasteiger partial charge in [-0.3, -0.25) is 4.79 Å². The van der Waals surface area contributed by atoms with Crippen LogP contribution in [-0.2, 0) is 24.2 Å². The number of benzene rings is 2. The van der Waals surface area contributed by atoms with Gasteiger partial charge in [0.15, 0.2) is 4.34 Å². The Bertz CT molecular complexity index is 1280. The van der Waals surface area contributed by atoms with Crippen LogP contribution in [0.25, 0.3) is 11.1 Å². The molecule has 2 aromatic heterocycles. The van der Waals surface area contributed by atoms with E-state index >= 15 is 0 Å². The molecule has 0 atom stereocenters. The van der Waals surface area contributed by atoms with Gasteiger partial charge in [0, 0.05) is 37.3 Å². The molecule has 2 heterocycles. The second kappa shape index (κ2) is 13.0. The van der Waals surface area contributed by atoms with Gasteiger partial charge in [0.2, 0.25) is 5.95 Å². The molecule has 1 N–H and O–H groups in total. The third kappa shape index (κ3) is 7.77. The number of aliphatic carboxylic acids is 1. The number of halogens is 1. The summed E-state index contributed by atoms with van der Waals surface area (Å²) in [4.78, 5) is 27.6. The van der Waals surface area contributed by atoms with Crippen molar-refractivity contribution in [1.29, 1.82) is 0 Å². The maximum atomic E-state index is 11.5. The minimum atomic E-state index is -0.915. The lowest BCUT2D eigenvalue weighted by Crippen LogP contribution is -2.27. The van der Waals surface area contributed by atoms with Gasteiger partial charge in [-0.25, -0.2) is 15.0 Å². The third-order valence-electron chi connectivity index (χ3n) is 5.84. The van der Waals surface area contributed by atoms with Crippen LogP contribution in [0, 0.1) is 0 Å². The summed E-state index contributed by atoms with van der Waals surface area (Å²) in [5.41, 5.74) is 5.61. The van der Waals surface area contributed by atoms with Crippen molar-refractivity contribution >= 4 is 47.4 Å². The molecule has 0 aliphatic rings. The first kappa shape index (κ1) is 28.6. The lowest BCUT2D eigenvalue weighted by molar-refractivity contribution is -0.138. The van der Waals surface area contributed by atoms with Gasteiger partial charge >= 0.3 is 5.97 Å². The zero-order chi connectivity index (χ0) is 25.5. The standard InChI is InChI=1S/C28H30N4O2S2.ClH/c1-4-20-16-29-26(30-17-20)32(15-14-24-19-35-27(31-24)36-28(2,3)25(33)34)18-21-10-12-23(13-11-21)22-8-6-5-7-9-22;/h5-13,16-17,19H,4,14-15,18H2,1-3H3,(H,33,34);1H. The molecular weight excluding hydrogens is 524 g/mol. The fourth-order valence-electron chi connectivity index (χ4n) is 3.56. The van der Waals surface area contributed by atoms with Gasteiger partial charge in [0.25, 0.3) is 0 Å². The van der Waals surface area contributed by atoms with Crippen molar-refractivity contribution in [2.24, 2.45) is 0 Å². The second-order valence-corrected chi connectivity index (χ2v) is 11.7. The van der Waals surface area contributed by atoms with Crippen LogP contribution in [0.15, 0.2) is 76.7 Å². The van der Waals surface area contributed by atoms with E-state index in [1.54, 1.807) is 13.8 Å². The summed E-state index contributed by atoms with van der Waals surface area (Å²) in [6, 6.07) is 19.0. The number of carboxylic acid groups (broad SMARTS) is 1. The molecule has 4 aromatic rings. The highest BCUT2D eigenvalue weighted by Crippen LogP contribution is 2.34. The van der Waals surface area contributed by atoms with Crippen molar-refractivity contribution < 1.29 is 9.90 Å². The van der Waals surface area contributed by atoms with Gasteiger partial charge < -0.3 is 10.0 Å². The third-order valence-corrected chi connectivity index (χ3v) is 8.02. The molecule has 0 bridgehead atoms. The Morgan fingerprint density at radius 2 is 1.65 bits per heavy atom. The zero-order valence-electron chi connectivity index (χ0n) is 21.1. The molecule has 0 amide bonds. The lowest BCUT2D eigenvalue weighted by Gasteiger charge is -2.22. The summed E-state index contributed by atoms with van der Waals surface area (Å²) in [6.07, 6.45) is 5.39. The Morgan fingerprint density at radius 1 is 1.00 bits per heavy atom.